The minimum atomic E-state index is -0.520. The molecule has 2 rings (SSSR count). The van der Waals surface area contributed by atoms with Gasteiger partial charge in [-0.2, -0.15) is 0 Å². The van der Waals surface area contributed by atoms with E-state index < -0.39 is 11.6 Å². The normalized spacial score (nSPS) is 10.5. The fraction of sp³-hybridized carbons (Fsp3) is 0.0714. The van der Waals surface area contributed by atoms with Crippen molar-refractivity contribution in [2.24, 2.45) is 0 Å². The summed E-state index contributed by atoms with van der Waals surface area (Å²) in [5.74, 6) is -1.10. The Balaban J connectivity index is 2.06. The predicted octanol–water partition coefficient (Wildman–Crippen LogP) is 4.70. The Hall–Kier alpha value is -1.20. The molecule has 0 aliphatic carbocycles. The highest BCUT2D eigenvalue weighted by atomic mass is 79.9. The first-order valence-corrected chi connectivity index (χ1v) is 7.21. The second-order valence-corrected chi connectivity index (χ2v) is 5.73. The van der Waals surface area contributed by atoms with Gasteiger partial charge in [0, 0.05) is 14.9 Å². The van der Waals surface area contributed by atoms with Crippen molar-refractivity contribution in [3.63, 3.8) is 0 Å². The van der Waals surface area contributed by atoms with Crippen LogP contribution in [0.5, 0.6) is 0 Å². The second kappa shape index (κ2) is 6.30. The van der Waals surface area contributed by atoms with Gasteiger partial charge in [-0.25, -0.2) is 8.78 Å². The molecule has 1 nitrogen and oxygen atoms in total. The minimum absolute atomic E-state index is 0.0663. The van der Waals surface area contributed by atoms with Crippen LogP contribution in [-0.4, -0.2) is 11.5 Å². The summed E-state index contributed by atoms with van der Waals surface area (Å²) in [5.41, 5.74) is 0.540. The van der Waals surface area contributed by atoms with E-state index in [1.54, 1.807) is 18.2 Å². The van der Waals surface area contributed by atoms with Gasteiger partial charge >= 0.3 is 0 Å². The zero-order valence-electron chi connectivity index (χ0n) is 9.70. The van der Waals surface area contributed by atoms with Crippen molar-refractivity contribution in [3.05, 3.63) is 64.1 Å². The number of ketones is 1. The van der Waals surface area contributed by atoms with Crippen LogP contribution in [0.4, 0.5) is 8.78 Å². The number of hydrogen-bond acceptors (Lipinski definition) is 2. The van der Waals surface area contributed by atoms with Crippen molar-refractivity contribution < 1.29 is 13.6 Å². The van der Waals surface area contributed by atoms with Gasteiger partial charge in [-0.3, -0.25) is 4.79 Å². The van der Waals surface area contributed by atoms with Crippen LogP contribution < -0.4 is 0 Å². The monoisotopic (exact) mass is 342 g/mol. The van der Waals surface area contributed by atoms with E-state index in [0.717, 1.165) is 34.4 Å². The Morgan fingerprint density at radius 2 is 1.95 bits per heavy atom. The maximum absolute atomic E-state index is 13.4. The van der Waals surface area contributed by atoms with Crippen molar-refractivity contribution in [2.45, 2.75) is 4.90 Å². The maximum atomic E-state index is 13.4. The number of Topliss-reactive ketones (excluding diaryl/α,β-unsaturated/α-hetero) is 1. The molecule has 0 N–H and O–H groups in total. The lowest BCUT2D eigenvalue weighted by Gasteiger charge is -2.04. The summed E-state index contributed by atoms with van der Waals surface area (Å²) in [4.78, 5) is 12.1. The van der Waals surface area contributed by atoms with Crippen LogP contribution in [-0.2, 0) is 0 Å². The van der Waals surface area contributed by atoms with Gasteiger partial charge in [-0.05, 0) is 30.3 Å². The van der Waals surface area contributed by atoms with E-state index in [2.05, 4.69) is 15.9 Å². The predicted molar refractivity (Wildman–Crippen MR) is 75.6 cm³/mol. The third kappa shape index (κ3) is 3.88. The number of benzene rings is 2. The Morgan fingerprint density at radius 1 is 1.16 bits per heavy atom. The van der Waals surface area contributed by atoms with Crippen LogP contribution in [0.25, 0.3) is 0 Å². The van der Waals surface area contributed by atoms with Crippen molar-refractivity contribution >= 4 is 33.5 Å². The summed E-state index contributed by atoms with van der Waals surface area (Å²) in [6.45, 7) is 0. The molecule has 0 saturated heterocycles. The van der Waals surface area contributed by atoms with E-state index in [4.69, 9.17) is 0 Å². The van der Waals surface area contributed by atoms with Gasteiger partial charge < -0.3 is 0 Å². The quantitative estimate of drug-likeness (QED) is 0.591. The van der Waals surface area contributed by atoms with E-state index in [1.807, 2.05) is 6.07 Å². The Bertz CT molecular complexity index is 616. The van der Waals surface area contributed by atoms with Crippen molar-refractivity contribution in [1.29, 1.82) is 0 Å². The molecular formula is C14H9BrF2OS. The molecule has 2 aromatic carbocycles. The molecule has 0 bridgehead atoms. The standard InChI is InChI=1S/C14H9BrF2OS/c15-10-3-1-2-9(6-10)13(18)8-19-14-7-11(16)4-5-12(14)17/h1-7H,8H2. The summed E-state index contributed by atoms with van der Waals surface area (Å²) in [7, 11) is 0. The number of carbonyl (C=O) groups is 1. The SMILES string of the molecule is O=C(CSc1cc(F)ccc1F)c1cccc(Br)c1. The van der Waals surface area contributed by atoms with Crippen LogP contribution in [0.15, 0.2) is 51.8 Å². The molecule has 0 heterocycles. The summed E-state index contributed by atoms with van der Waals surface area (Å²) < 4.78 is 27.2. The molecule has 0 aliphatic heterocycles. The third-order valence-corrected chi connectivity index (χ3v) is 3.92. The summed E-state index contributed by atoms with van der Waals surface area (Å²) >= 11 is 4.27. The molecule has 0 amide bonds. The molecule has 0 atom stereocenters. The van der Waals surface area contributed by atoms with Gasteiger partial charge in [0.15, 0.2) is 5.78 Å². The zero-order valence-corrected chi connectivity index (χ0v) is 12.1. The average Bonchev–Trinajstić information content (AvgIpc) is 2.39. The first-order chi connectivity index (χ1) is 9.06. The summed E-state index contributed by atoms with van der Waals surface area (Å²) in [6.07, 6.45) is 0. The molecule has 0 fully saturated rings. The largest absolute Gasteiger partial charge is 0.293 e. The van der Waals surface area contributed by atoms with E-state index in [-0.39, 0.29) is 16.4 Å². The molecule has 19 heavy (non-hydrogen) atoms. The Morgan fingerprint density at radius 3 is 2.68 bits per heavy atom. The van der Waals surface area contributed by atoms with Crippen LogP contribution >= 0.6 is 27.7 Å². The first kappa shape index (κ1) is 14.2. The highest BCUT2D eigenvalue weighted by Gasteiger charge is 2.10. The molecule has 0 saturated carbocycles. The Labute approximate surface area is 122 Å². The fourth-order valence-corrected chi connectivity index (χ4v) is 2.73. The molecule has 0 aliphatic rings. The number of hydrogen-bond donors (Lipinski definition) is 0. The van der Waals surface area contributed by atoms with Gasteiger partial charge in [0.1, 0.15) is 11.6 Å². The van der Waals surface area contributed by atoms with E-state index in [0.29, 0.717) is 5.56 Å². The lowest BCUT2D eigenvalue weighted by molar-refractivity contribution is 0.102. The fourth-order valence-electron chi connectivity index (χ4n) is 1.48. The highest BCUT2D eigenvalue weighted by Crippen LogP contribution is 2.24. The number of rotatable bonds is 4. The highest BCUT2D eigenvalue weighted by molar-refractivity contribution is 9.10. The first-order valence-electron chi connectivity index (χ1n) is 5.43. The third-order valence-electron chi connectivity index (χ3n) is 2.40. The number of halogens is 3. The molecule has 0 spiro atoms. The molecular weight excluding hydrogens is 334 g/mol. The van der Waals surface area contributed by atoms with Crippen molar-refractivity contribution in [2.75, 3.05) is 5.75 Å². The smallest absolute Gasteiger partial charge is 0.173 e. The second-order valence-electron chi connectivity index (χ2n) is 3.80. The maximum Gasteiger partial charge on any atom is 0.173 e. The molecule has 5 heteroatoms. The van der Waals surface area contributed by atoms with E-state index in [9.17, 15) is 13.6 Å². The minimum Gasteiger partial charge on any atom is -0.293 e. The van der Waals surface area contributed by atoms with E-state index >= 15 is 0 Å². The van der Waals surface area contributed by atoms with Crippen LogP contribution in [0, 0.1) is 11.6 Å². The molecule has 0 radical (unpaired) electrons. The van der Waals surface area contributed by atoms with E-state index in [1.165, 1.54) is 0 Å². The van der Waals surface area contributed by atoms with Gasteiger partial charge in [0.25, 0.3) is 0 Å². The lowest BCUT2D eigenvalue weighted by Crippen LogP contribution is -2.02. The molecule has 0 unspecified atom stereocenters. The summed E-state index contributed by atoms with van der Waals surface area (Å²) in [5, 5.41) is 0. The summed E-state index contributed by atoms with van der Waals surface area (Å²) in [6, 6.07) is 10.2. The Kier molecular flexibility index (Phi) is 4.71. The average molecular weight is 343 g/mol. The van der Waals surface area contributed by atoms with Gasteiger partial charge in [0.2, 0.25) is 0 Å². The van der Waals surface area contributed by atoms with Gasteiger partial charge in [0.05, 0.1) is 5.75 Å². The zero-order chi connectivity index (χ0) is 13.8. The van der Waals surface area contributed by atoms with Crippen molar-refractivity contribution in [1.82, 2.24) is 0 Å². The van der Waals surface area contributed by atoms with Crippen LogP contribution in [0.2, 0.25) is 0 Å². The van der Waals surface area contributed by atoms with Crippen LogP contribution in [0.3, 0.4) is 0 Å². The topological polar surface area (TPSA) is 17.1 Å². The van der Waals surface area contributed by atoms with Crippen molar-refractivity contribution in [3.8, 4) is 0 Å². The van der Waals surface area contributed by atoms with Gasteiger partial charge in [-0.15, -0.1) is 11.8 Å². The molecule has 2 aromatic rings. The molecule has 0 aromatic heterocycles. The van der Waals surface area contributed by atoms with Gasteiger partial charge in [-0.1, -0.05) is 28.1 Å². The molecule has 98 valence electrons. The number of carbonyl (C=O) groups excluding carboxylic acids is 1. The van der Waals surface area contributed by atoms with Crippen LogP contribution in [0.1, 0.15) is 10.4 Å². The number of thioether (sulfide) groups is 1. The lowest BCUT2D eigenvalue weighted by atomic mass is 10.2.